The van der Waals surface area contributed by atoms with Crippen molar-refractivity contribution < 1.29 is 20.1 Å². The number of aromatic nitrogens is 4. The maximum atomic E-state index is 10.3. The zero-order valence-electron chi connectivity index (χ0n) is 14.4. The van der Waals surface area contributed by atoms with Gasteiger partial charge in [-0.25, -0.2) is 4.98 Å². The molecule has 1 saturated heterocycles. The summed E-state index contributed by atoms with van der Waals surface area (Å²) in [7, 11) is 0. The van der Waals surface area contributed by atoms with Gasteiger partial charge >= 0.3 is 0 Å². The van der Waals surface area contributed by atoms with Crippen molar-refractivity contribution in [2.75, 3.05) is 11.9 Å². The van der Waals surface area contributed by atoms with E-state index in [2.05, 4.69) is 26.2 Å². The lowest BCUT2D eigenvalue weighted by molar-refractivity contribution is -0.0511. The van der Waals surface area contributed by atoms with Crippen LogP contribution < -0.4 is 5.32 Å². The van der Waals surface area contributed by atoms with Gasteiger partial charge in [0.05, 0.1) is 12.9 Å². The molecule has 28 heavy (non-hydrogen) atoms. The molecule has 1 aliphatic rings. The molecule has 4 rings (SSSR count). The zero-order chi connectivity index (χ0) is 19.8. The number of hydrogen-bond acceptors (Lipinski definition) is 8. The largest absolute Gasteiger partial charge is 0.394 e. The number of nitrogens with one attached hydrogen (secondary N) is 1. The molecule has 1 fully saturated rings. The number of hydrogen-bond donors (Lipinski definition) is 4. The van der Waals surface area contributed by atoms with Gasteiger partial charge in [0.1, 0.15) is 18.3 Å². The summed E-state index contributed by atoms with van der Waals surface area (Å²) in [6.45, 7) is -0.435. The Labute approximate surface area is 164 Å². The van der Waals surface area contributed by atoms with Crippen LogP contribution in [0.25, 0.3) is 11.2 Å². The first kappa shape index (κ1) is 18.6. The molecule has 4 atom stereocenters. The van der Waals surface area contributed by atoms with Gasteiger partial charge in [0.15, 0.2) is 23.2 Å². The van der Waals surface area contributed by atoms with Crippen molar-refractivity contribution in [2.45, 2.75) is 24.5 Å². The Hall–Kier alpha value is -2.74. The number of imidazole rings is 1. The zero-order valence-corrected chi connectivity index (χ0v) is 15.2. The standard InChI is InChI=1S/C18H16ClN5O4/c1-2-9-4-3-5-10(6-9)21-15-12-16(23-18(19)22-15)24(8-20-12)17-14(27)13(26)11(7-25)28-17/h1,3-6,8,11,13-14,17,25-27H,7H2,(H,21,22,23)/t11-,13-,14-,17-/m1/s1. The van der Waals surface area contributed by atoms with Crippen LogP contribution in [-0.2, 0) is 4.74 Å². The van der Waals surface area contributed by atoms with Gasteiger partial charge in [-0.05, 0) is 29.8 Å². The molecule has 0 unspecified atom stereocenters. The molecule has 1 aromatic carbocycles. The Kier molecular flexibility index (Phi) is 4.89. The van der Waals surface area contributed by atoms with Crippen molar-refractivity contribution in [3.63, 3.8) is 0 Å². The van der Waals surface area contributed by atoms with Gasteiger partial charge in [0, 0.05) is 11.3 Å². The number of benzene rings is 1. The second-order valence-corrected chi connectivity index (χ2v) is 6.58. The Morgan fingerprint density at radius 2 is 2.11 bits per heavy atom. The molecule has 0 spiro atoms. The van der Waals surface area contributed by atoms with Crippen LogP contribution >= 0.6 is 11.6 Å². The average molecular weight is 402 g/mol. The quantitative estimate of drug-likeness (QED) is 0.374. The highest BCUT2D eigenvalue weighted by molar-refractivity contribution is 6.28. The summed E-state index contributed by atoms with van der Waals surface area (Å²) in [6.07, 6.45) is 2.42. The van der Waals surface area contributed by atoms with Gasteiger partial charge in [-0.1, -0.05) is 12.0 Å². The second-order valence-electron chi connectivity index (χ2n) is 6.24. The lowest BCUT2D eigenvalue weighted by Crippen LogP contribution is -2.33. The summed E-state index contributed by atoms with van der Waals surface area (Å²) >= 11 is 6.08. The van der Waals surface area contributed by atoms with E-state index < -0.39 is 31.1 Å². The fourth-order valence-electron chi connectivity index (χ4n) is 3.10. The van der Waals surface area contributed by atoms with Crippen molar-refractivity contribution in [3.8, 4) is 12.3 Å². The van der Waals surface area contributed by atoms with Crippen molar-refractivity contribution >= 4 is 34.3 Å². The van der Waals surface area contributed by atoms with Crippen LogP contribution in [0.3, 0.4) is 0 Å². The minimum absolute atomic E-state index is 0.0448. The van der Waals surface area contributed by atoms with Crippen LogP contribution in [0.1, 0.15) is 11.8 Å². The van der Waals surface area contributed by atoms with Gasteiger partial charge in [-0.2, -0.15) is 9.97 Å². The molecule has 144 valence electrons. The maximum absolute atomic E-state index is 10.3. The van der Waals surface area contributed by atoms with Gasteiger partial charge in [0.25, 0.3) is 0 Å². The van der Waals surface area contributed by atoms with Crippen LogP contribution in [0.5, 0.6) is 0 Å². The van der Waals surface area contributed by atoms with E-state index in [0.717, 1.165) is 0 Å². The third-order valence-corrected chi connectivity index (χ3v) is 4.65. The topological polar surface area (TPSA) is 126 Å². The summed E-state index contributed by atoms with van der Waals surface area (Å²) in [6, 6.07) is 7.18. The van der Waals surface area contributed by atoms with E-state index in [1.165, 1.54) is 10.9 Å². The second kappa shape index (κ2) is 7.35. The predicted octanol–water partition coefficient (Wildman–Crippen LogP) is 0.816. The first-order chi connectivity index (χ1) is 13.5. The smallest absolute Gasteiger partial charge is 0.226 e. The Morgan fingerprint density at radius 3 is 2.82 bits per heavy atom. The molecule has 9 nitrogen and oxygen atoms in total. The normalized spacial score (nSPS) is 24.4. The van der Waals surface area contributed by atoms with Gasteiger partial charge in [-0.3, -0.25) is 4.57 Å². The number of halogens is 1. The minimum Gasteiger partial charge on any atom is -0.394 e. The van der Waals surface area contributed by atoms with Crippen LogP contribution in [0.4, 0.5) is 11.5 Å². The summed E-state index contributed by atoms with van der Waals surface area (Å²) in [4.78, 5) is 12.6. The fourth-order valence-corrected chi connectivity index (χ4v) is 3.26. The van der Waals surface area contributed by atoms with Crippen LogP contribution in [-0.4, -0.2) is 59.8 Å². The fraction of sp³-hybridized carbons (Fsp3) is 0.278. The molecule has 3 heterocycles. The van der Waals surface area contributed by atoms with Crippen LogP contribution in [0.15, 0.2) is 30.6 Å². The molecule has 2 aromatic heterocycles. The molecule has 1 aliphatic heterocycles. The highest BCUT2D eigenvalue weighted by Crippen LogP contribution is 2.33. The molecule has 10 heteroatoms. The third-order valence-electron chi connectivity index (χ3n) is 4.48. The Bertz CT molecular complexity index is 1070. The average Bonchev–Trinajstić information content (AvgIpc) is 3.23. The number of rotatable bonds is 4. The Balaban J connectivity index is 1.74. The third kappa shape index (κ3) is 3.17. The first-order valence-corrected chi connectivity index (χ1v) is 8.76. The van der Waals surface area contributed by atoms with Crippen molar-refractivity contribution in [1.29, 1.82) is 0 Å². The number of nitrogens with zero attached hydrogens (tertiary/aromatic N) is 4. The number of fused-ring (bicyclic) bond motifs is 1. The number of anilines is 2. The summed E-state index contributed by atoms with van der Waals surface area (Å²) in [5, 5.41) is 32.6. The molecule has 0 bridgehead atoms. The van der Waals surface area contributed by atoms with E-state index >= 15 is 0 Å². The maximum Gasteiger partial charge on any atom is 0.226 e. The van der Waals surface area contributed by atoms with E-state index in [1.807, 2.05) is 6.07 Å². The summed E-state index contributed by atoms with van der Waals surface area (Å²) < 4.78 is 6.98. The van der Waals surface area contributed by atoms with Gasteiger partial charge < -0.3 is 25.4 Å². The monoisotopic (exact) mass is 401 g/mol. The molecule has 0 radical (unpaired) electrons. The summed E-state index contributed by atoms with van der Waals surface area (Å²) in [5.74, 6) is 2.90. The highest BCUT2D eigenvalue weighted by Gasteiger charge is 2.44. The molecule has 4 N–H and O–H groups in total. The minimum atomic E-state index is -1.27. The number of aliphatic hydroxyl groups is 3. The van der Waals surface area contributed by atoms with Gasteiger partial charge in [-0.15, -0.1) is 6.42 Å². The highest BCUT2D eigenvalue weighted by atomic mass is 35.5. The molecular formula is C18H16ClN5O4. The molecule has 0 aliphatic carbocycles. The molecule has 0 amide bonds. The number of terminal acetylenes is 1. The SMILES string of the molecule is C#Cc1cccc(Nc2nc(Cl)nc3c2ncn3[C@@H]2O[C@H](CO)[C@@H](O)[C@H]2O)c1. The van der Waals surface area contributed by atoms with E-state index in [-0.39, 0.29) is 5.28 Å². The van der Waals surface area contributed by atoms with E-state index in [1.54, 1.807) is 18.2 Å². The van der Waals surface area contributed by atoms with Gasteiger partial charge in [0.2, 0.25) is 5.28 Å². The molecule has 3 aromatic rings. The lowest BCUT2D eigenvalue weighted by atomic mass is 10.1. The first-order valence-electron chi connectivity index (χ1n) is 8.38. The van der Waals surface area contributed by atoms with Crippen LogP contribution in [0, 0.1) is 12.3 Å². The van der Waals surface area contributed by atoms with Crippen LogP contribution in [0.2, 0.25) is 5.28 Å². The van der Waals surface area contributed by atoms with Crippen molar-refractivity contribution in [2.24, 2.45) is 0 Å². The number of aliphatic hydroxyl groups excluding tert-OH is 3. The van der Waals surface area contributed by atoms with E-state index in [9.17, 15) is 15.3 Å². The van der Waals surface area contributed by atoms with Crippen molar-refractivity contribution in [1.82, 2.24) is 19.5 Å². The predicted molar refractivity (Wildman–Crippen MR) is 101 cm³/mol. The Morgan fingerprint density at radius 1 is 1.29 bits per heavy atom. The van der Waals surface area contributed by atoms with E-state index in [4.69, 9.17) is 22.8 Å². The van der Waals surface area contributed by atoms with E-state index in [0.29, 0.717) is 28.2 Å². The molecular weight excluding hydrogens is 386 g/mol. The summed E-state index contributed by atoms with van der Waals surface area (Å²) in [5.41, 5.74) is 2.06. The van der Waals surface area contributed by atoms with Crippen molar-refractivity contribution in [3.05, 3.63) is 41.4 Å². The number of ether oxygens (including phenoxy) is 1. The molecule has 0 saturated carbocycles. The lowest BCUT2D eigenvalue weighted by Gasteiger charge is -2.16.